The van der Waals surface area contributed by atoms with Crippen LogP contribution in [0.4, 0.5) is 10.1 Å². The van der Waals surface area contributed by atoms with Crippen LogP contribution in [0.3, 0.4) is 0 Å². The Balaban J connectivity index is 1.58. The Bertz CT molecular complexity index is 1080. The van der Waals surface area contributed by atoms with Gasteiger partial charge in [0.25, 0.3) is 5.56 Å². The van der Waals surface area contributed by atoms with Gasteiger partial charge in [-0.1, -0.05) is 0 Å². The average Bonchev–Trinajstić information content (AvgIpc) is 2.63. The molecule has 2 aromatic carbocycles. The number of rotatable bonds is 2. The predicted octanol–water partition coefficient (Wildman–Crippen LogP) is 2.24. The molecule has 0 aliphatic carbocycles. The largest absolute Gasteiger partial charge is 0.364 e. The molecule has 3 aromatic rings. The van der Waals surface area contributed by atoms with Gasteiger partial charge >= 0.3 is 0 Å². The highest BCUT2D eigenvalue weighted by Crippen LogP contribution is 2.36. The van der Waals surface area contributed by atoms with Crippen LogP contribution in [-0.2, 0) is 7.05 Å². The van der Waals surface area contributed by atoms with Gasteiger partial charge in [-0.25, -0.2) is 9.37 Å². The number of nitrogens with zero attached hydrogens (tertiary/aromatic N) is 4. The molecule has 2 aliphatic rings. The van der Waals surface area contributed by atoms with E-state index >= 15 is 0 Å². The normalized spacial score (nSPS) is 22.0. The zero-order valence-electron chi connectivity index (χ0n) is 14.7. The number of anilines is 1. The Morgan fingerprint density at radius 3 is 2.46 bits per heavy atom. The fourth-order valence-electron chi connectivity index (χ4n) is 4.07. The van der Waals surface area contributed by atoms with Gasteiger partial charge in [-0.05, 0) is 49.5 Å². The van der Waals surface area contributed by atoms with E-state index in [4.69, 9.17) is 0 Å². The number of hydrogen-bond donors (Lipinski definition) is 0. The zero-order chi connectivity index (χ0) is 18.0. The predicted molar refractivity (Wildman–Crippen MR) is 99.9 cm³/mol. The van der Waals surface area contributed by atoms with Gasteiger partial charge < -0.3 is 4.90 Å². The monoisotopic (exact) mass is 350 g/mol. The number of likely N-dealkylation sites (N-methyl/N-ethyl adjacent to an activating group) is 1. The van der Waals surface area contributed by atoms with Gasteiger partial charge in [0, 0.05) is 37.4 Å². The number of aromatic nitrogens is 2. The highest BCUT2D eigenvalue weighted by molar-refractivity contribution is 5.84. The molecule has 2 atom stereocenters. The second-order valence-electron chi connectivity index (χ2n) is 7.23. The molecule has 2 saturated heterocycles. The van der Waals surface area contributed by atoms with Crippen molar-refractivity contribution in [3.63, 3.8) is 0 Å². The van der Waals surface area contributed by atoms with Crippen LogP contribution in [0.2, 0.25) is 0 Å². The van der Waals surface area contributed by atoms with Gasteiger partial charge in [0.15, 0.2) is 0 Å². The van der Waals surface area contributed by atoms with Crippen molar-refractivity contribution in [2.24, 2.45) is 7.05 Å². The van der Waals surface area contributed by atoms with Crippen molar-refractivity contribution in [1.29, 1.82) is 0 Å². The summed E-state index contributed by atoms with van der Waals surface area (Å²) >= 11 is 0. The third-order valence-electron chi connectivity index (χ3n) is 5.76. The molecule has 0 radical (unpaired) electrons. The minimum Gasteiger partial charge on any atom is -0.364 e. The number of likely N-dealkylation sites (tertiary alicyclic amines) is 1. The number of piperazine rings is 1. The molecule has 0 bridgehead atoms. The summed E-state index contributed by atoms with van der Waals surface area (Å²) in [5.74, 6) is 0.235. The molecule has 0 spiro atoms. The summed E-state index contributed by atoms with van der Waals surface area (Å²) in [6.45, 7) is 2.08. The van der Waals surface area contributed by atoms with Crippen LogP contribution < -0.4 is 10.5 Å². The topological polar surface area (TPSA) is 41.4 Å². The summed E-state index contributed by atoms with van der Waals surface area (Å²) in [5, 5.41) is 0.618. The summed E-state index contributed by atoms with van der Waals surface area (Å²) in [4.78, 5) is 22.3. The fourth-order valence-corrected chi connectivity index (χ4v) is 4.07. The van der Waals surface area contributed by atoms with E-state index in [1.165, 1.54) is 16.7 Å². The van der Waals surface area contributed by atoms with Crippen molar-refractivity contribution in [1.82, 2.24) is 14.5 Å². The zero-order valence-corrected chi connectivity index (χ0v) is 14.7. The van der Waals surface area contributed by atoms with Crippen LogP contribution in [0, 0.1) is 5.82 Å². The van der Waals surface area contributed by atoms with E-state index < -0.39 is 0 Å². The maximum absolute atomic E-state index is 13.2. The quantitative estimate of drug-likeness (QED) is 0.711. The molecule has 26 heavy (non-hydrogen) atoms. The first-order valence-corrected chi connectivity index (χ1v) is 8.76. The molecular formula is C20H19FN4O. The van der Waals surface area contributed by atoms with Crippen molar-refractivity contribution in [2.75, 3.05) is 25.0 Å². The Morgan fingerprint density at radius 1 is 1.04 bits per heavy atom. The highest BCUT2D eigenvalue weighted by Gasteiger charge is 2.49. The van der Waals surface area contributed by atoms with Gasteiger partial charge in [0.05, 0.1) is 16.9 Å². The van der Waals surface area contributed by atoms with Crippen molar-refractivity contribution in [3.8, 4) is 11.4 Å². The summed E-state index contributed by atoms with van der Waals surface area (Å²) in [6.07, 6.45) is 0. The number of hydrogen-bond acceptors (Lipinski definition) is 4. The Hall–Kier alpha value is -2.73. The van der Waals surface area contributed by atoms with Gasteiger partial charge in [-0.15, -0.1) is 0 Å². The first kappa shape index (κ1) is 15.5. The smallest absolute Gasteiger partial charge is 0.261 e. The lowest BCUT2D eigenvalue weighted by molar-refractivity contribution is 0.0369. The summed E-state index contributed by atoms with van der Waals surface area (Å²) in [5.41, 5.74) is 2.39. The summed E-state index contributed by atoms with van der Waals surface area (Å²) in [6, 6.07) is 13.2. The maximum atomic E-state index is 13.2. The molecule has 0 N–H and O–H groups in total. The average molecular weight is 350 g/mol. The second kappa shape index (κ2) is 5.38. The van der Waals surface area contributed by atoms with E-state index in [1.54, 1.807) is 19.2 Å². The Morgan fingerprint density at radius 2 is 1.81 bits per heavy atom. The fraction of sp³-hybridized carbons (Fsp3) is 0.300. The van der Waals surface area contributed by atoms with Crippen LogP contribution in [0.25, 0.3) is 22.3 Å². The van der Waals surface area contributed by atoms with E-state index in [0.717, 1.165) is 24.3 Å². The SMILES string of the molecule is CN1CC2[C@H]1CN2c1ccc2nc(-c3ccc(F)cc3)n(C)c(=O)c2c1. The first-order valence-electron chi connectivity index (χ1n) is 8.76. The lowest BCUT2D eigenvalue weighted by Gasteiger charge is -2.62. The Kier molecular flexibility index (Phi) is 3.21. The molecule has 5 nitrogen and oxygen atoms in total. The van der Waals surface area contributed by atoms with E-state index in [1.807, 2.05) is 18.2 Å². The molecule has 6 heteroatoms. The lowest BCUT2D eigenvalue weighted by Crippen LogP contribution is -2.78. The van der Waals surface area contributed by atoms with Crippen molar-refractivity contribution in [2.45, 2.75) is 12.1 Å². The number of benzene rings is 2. The molecule has 0 amide bonds. The number of halogens is 1. The van der Waals surface area contributed by atoms with Crippen LogP contribution >= 0.6 is 0 Å². The third kappa shape index (κ3) is 2.12. The van der Waals surface area contributed by atoms with Crippen LogP contribution in [-0.4, -0.2) is 46.7 Å². The van der Waals surface area contributed by atoms with E-state index in [-0.39, 0.29) is 11.4 Å². The molecule has 3 heterocycles. The van der Waals surface area contributed by atoms with Gasteiger partial charge in [0.1, 0.15) is 11.6 Å². The minimum absolute atomic E-state index is 0.0843. The molecule has 5 rings (SSSR count). The molecule has 1 unspecified atom stereocenters. The third-order valence-corrected chi connectivity index (χ3v) is 5.76. The Labute approximate surface area is 150 Å². The molecule has 2 aliphatic heterocycles. The van der Waals surface area contributed by atoms with E-state index in [9.17, 15) is 9.18 Å². The van der Waals surface area contributed by atoms with Crippen molar-refractivity contribution < 1.29 is 4.39 Å². The molecule has 0 saturated carbocycles. The van der Waals surface area contributed by atoms with Crippen LogP contribution in [0.5, 0.6) is 0 Å². The van der Waals surface area contributed by atoms with Gasteiger partial charge in [-0.2, -0.15) is 0 Å². The van der Waals surface area contributed by atoms with Gasteiger partial charge in [-0.3, -0.25) is 14.3 Å². The maximum Gasteiger partial charge on any atom is 0.261 e. The van der Waals surface area contributed by atoms with Crippen molar-refractivity contribution in [3.05, 3.63) is 58.6 Å². The molecule has 1 aromatic heterocycles. The highest BCUT2D eigenvalue weighted by atomic mass is 19.1. The molecule has 2 fully saturated rings. The van der Waals surface area contributed by atoms with E-state index in [0.29, 0.717) is 28.8 Å². The van der Waals surface area contributed by atoms with Gasteiger partial charge in [0.2, 0.25) is 0 Å². The lowest BCUT2D eigenvalue weighted by atomic mass is 9.85. The summed E-state index contributed by atoms with van der Waals surface area (Å²) in [7, 11) is 3.86. The molecule has 132 valence electrons. The standard InChI is InChI=1S/C20H19FN4O/c1-23-10-18-17(23)11-25(18)14-7-8-16-15(9-14)20(26)24(2)19(22-16)12-3-5-13(21)6-4-12/h3-9,17-18H,10-11H2,1-2H3/t17-,18?/m1/s1. The molecular weight excluding hydrogens is 331 g/mol. The summed E-state index contributed by atoms with van der Waals surface area (Å²) < 4.78 is 14.7. The minimum atomic E-state index is -0.307. The van der Waals surface area contributed by atoms with Crippen LogP contribution in [0.1, 0.15) is 0 Å². The van der Waals surface area contributed by atoms with E-state index in [2.05, 4.69) is 21.8 Å². The first-order chi connectivity index (χ1) is 12.5. The number of fused-ring (bicyclic) bond motifs is 2. The second-order valence-corrected chi connectivity index (χ2v) is 7.23. The van der Waals surface area contributed by atoms with Crippen molar-refractivity contribution >= 4 is 16.6 Å². The van der Waals surface area contributed by atoms with Crippen LogP contribution in [0.15, 0.2) is 47.3 Å².